The Hall–Kier alpha value is -1.06. The Morgan fingerprint density at radius 3 is 2.96 bits per heavy atom. The first-order valence-electron chi connectivity index (χ1n) is 9.06. The van der Waals surface area contributed by atoms with Gasteiger partial charge in [0, 0.05) is 24.8 Å². The summed E-state index contributed by atoms with van der Waals surface area (Å²) >= 11 is 0. The molecule has 2 atom stereocenters. The average Bonchev–Trinajstić information content (AvgIpc) is 2.59. The largest absolute Gasteiger partial charge is 0.497 e. The summed E-state index contributed by atoms with van der Waals surface area (Å²) in [5.41, 5.74) is 1.34. The van der Waals surface area contributed by atoms with E-state index in [0.717, 1.165) is 38.1 Å². The molecule has 2 fully saturated rings. The molecule has 0 bridgehead atoms. The van der Waals surface area contributed by atoms with Crippen molar-refractivity contribution in [2.45, 2.75) is 50.9 Å². The van der Waals surface area contributed by atoms with E-state index < -0.39 is 0 Å². The second-order valence-corrected chi connectivity index (χ2v) is 7.24. The number of nitrogens with zero attached hydrogens (tertiary/aromatic N) is 1. The van der Waals surface area contributed by atoms with E-state index in [9.17, 15) is 4.79 Å². The van der Waals surface area contributed by atoms with E-state index in [0.29, 0.717) is 18.1 Å². The maximum absolute atomic E-state index is 12.3. The molecule has 134 valence electrons. The highest BCUT2D eigenvalue weighted by Gasteiger charge is 2.47. The predicted octanol–water partition coefficient (Wildman–Crippen LogP) is 4.23. The van der Waals surface area contributed by atoms with Crippen LogP contribution in [0.15, 0.2) is 24.3 Å². The van der Waals surface area contributed by atoms with Gasteiger partial charge in [-0.1, -0.05) is 25.5 Å². The van der Waals surface area contributed by atoms with Gasteiger partial charge in [0.15, 0.2) is 0 Å². The number of ether oxygens (including phenoxy) is 1. The number of methoxy groups -OCH3 is 1. The van der Waals surface area contributed by atoms with Gasteiger partial charge in [0.25, 0.3) is 0 Å². The van der Waals surface area contributed by atoms with Crippen LogP contribution in [0.3, 0.4) is 0 Å². The SMILES string of the molecule is CCCCN1CC[C@@]2(c3cccc(OC)c3)CC(=O)CC[C@@H]2C1.Cl. The highest BCUT2D eigenvalue weighted by atomic mass is 35.5. The minimum atomic E-state index is 0. The first-order valence-corrected chi connectivity index (χ1v) is 9.06. The van der Waals surface area contributed by atoms with Gasteiger partial charge in [0.2, 0.25) is 0 Å². The number of fused-ring (bicyclic) bond motifs is 1. The van der Waals surface area contributed by atoms with Crippen molar-refractivity contribution in [3.8, 4) is 5.75 Å². The molecule has 1 saturated heterocycles. The number of likely N-dealkylation sites (tertiary alicyclic amines) is 1. The quantitative estimate of drug-likeness (QED) is 0.795. The average molecular weight is 352 g/mol. The molecular weight excluding hydrogens is 322 g/mol. The minimum absolute atomic E-state index is 0. The van der Waals surface area contributed by atoms with E-state index in [1.165, 1.54) is 24.9 Å². The lowest BCUT2D eigenvalue weighted by Crippen LogP contribution is -2.53. The second-order valence-electron chi connectivity index (χ2n) is 7.24. The molecule has 1 aromatic carbocycles. The van der Waals surface area contributed by atoms with E-state index in [1.54, 1.807) is 7.11 Å². The Labute approximate surface area is 152 Å². The van der Waals surface area contributed by atoms with Crippen molar-refractivity contribution in [3.63, 3.8) is 0 Å². The Balaban J connectivity index is 0.00000208. The summed E-state index contributed by atoms with van der Waals surface area (Å²) in [6.07, 6.45) is 6.14. The van der Waals surface area contributed by atoms with Gasteiger partial charge in [-0.3, -0.25) is 4.79 Å². The molecule has 3 nitrogen and oxygen atoms in total. The molecule has 1 heterocycles. The van der Waals surface area contributed by atoms with Crippen LogP contribution in [0.5, 0.6) is 5.75 Å². The predicted molar refractivity (Wildman–Crippen MR) is 100 cm³/mol. The summed E-state index contributed by atoms with van der Waals surface area (Å²) in [6, 6.07) is 8.43. The van der Waals surface area contributed by atoms with Crippen LogP contribution in [0.25, 0.3) is 0 Å². The number of piperidine rings is 1. The van der Waals surface area contributed by atoms with Crippen molar-refractivity contribution in [1.29, 1.82) is 0 Å². The summed E-state index contributed by atoms with van der Waals surface area (Å²) < 4.78 is 5.43. The molecule has 1 aliphatic heterocycles. The molecule has 3 rings (SSSR count). The lowest BCUT2D eigenvalue weighted by molar-refractivity contribution is -0.125. The standard InChI is InChI=1S/C20H29NO2.ClH/c1-3-4-11-21-12-10-20(14-18(22)9-8-17(20)15-21)16-6-5-7-19(13-16)23-2;/h5-7,13,17H,3-4,8-12,14-15H2,1-2H3;1H/t17-,20+;/m1./s1. The van der Waals surface area contributed by atoms with Crippen LogP contribution in [-0.4, -0.2) is 37.4 Å². The van der Waals surface area contributed by atoms with Gasteiger partial charge < -0.3 is 9.64 Å². The highest BCUT2D eigenvalue weighted by Crippen LogP contribution is 2.48. The van der Waals surface area contributed by atoms with Gasteiger partial charge in [-0.15, -0.1) is 12.4 Å². The number of unbranched alkanes of at least 4 members (excludes halogenated alkanes) is 1. The van der Waals surface area contributed by atoms with Gasteiger partial charge in [-0.25, -0.2) is 0 Å². The van der Waals surface area contributed by atoms with E-state index in [4.69, 9.17) is 4.74 Å². The number of halogens is 1. The fourth-order valence-corrected chi connectivity index (χ4v) is 4.51. The normalized spacial score (nSPS) is 27.2. The van der Waals surface area contributed by atoms with Crippen LogP contribution in [0.2, 0.25) is 0 Å². The third kappa shape index (κ3) is 3.78. The van der Waals surface area contributed by atoms with Gasteiger partial charge in [0.1, 0.15) is 11.5 Å². The topological polar surface area (TPSA) is 29.5 Å². The maximum atomic E-state index is 12.3. The fourth-order valence-electron chi connectivity index (χ4n) is 4.51. The second kappa shape index (κ2) is 8.35. The van der Waals surface area contributed by atoms with Crippen molar-refractivity contribution < 1.29 is 9.53 Å². The summed E-state index contributed by atoms with van der Waals surface area (Å²) in [7, 11) is 1.72. The lowest BCUT2D eigenvalue weighted by atomic mass is 9.59. The summed E-state index contributed by atoms with van der Waals surface area (Å²) in [5.74, 6) is 1.94. The molecule has 0 aromatic heterocycles. The molecule has 0 unspecified atom stereocenters. The molecule has 2 aliphatic rings. The zero-order valence-electron chi connectivity index (χ0n) is 14.9. The van der Waals surface area contributed by atoms with E-state index >= 15 is 0 Å². The zero-order valence-corrected chi connectivity index (χ0v) is 15.7. The first kappa shape index (κ1) is 19.3. The van der Waals surface area contributed by atoms with Crippen molar-refractivity contribution >= 4 is 18.2 Å². The van der Waals surface area contributed by atoms with Crippen LogP contribution >= 0.6 is 12.4 Å². The van der Waals surface area contributed by atoms with Gasteiger partial charge in [-0.05, 0) is 56.0 Å². The Bertz CT molecular complexity index is 562. The van der Waals surface area contributed by atoms with Crippen molar-refractivity contribution in [2.24, 2.45) is 5.92 Å². The van der Waals surface area contributed by atoms with E-state index in [2.05, 4.69) is 30.0 Å². The summed E-state index contributed by atoms with van der Waals surface area (Å²) in [4.78, 5) is 14.9. The summed E-state index contributed by atoms with van der Waals surface area (Å²) in [6.45, 7) is 5.71. The zero-order chi connectivity index (χ0) is 16.3. The molecule has 4 heteroatoms. The third-order valence-electron chi connectivity index (χ3n) is 5.89. The molecule has 0 radical (unpaired) electrons. The molecule has 1 aromatic rings. The number of hydrogen-bond donors (Lipinski definition) is 0. The van der Waals surface area contributed by atoms with Crippen molar-refractivity contribution in [1.82, 2.24) is 4.90 Å². The first-order chi connectivity index (χ1) is 11.2. The smallest absolute Gasteiger partial charge is 0.133 e. The van der Waals surface area contributed by atoms with Gasteiger partial charge in [-0.2, -0.15) is 0 Å². The number of carbonyl (C=O) groups excluding carboxylic acids is 1. The highest BCUT2D eigenvalue weighted by molar-refractivity contribution is 5.85. The van der Waals surface area contributed by atoms with Gasteiger partial charge >= 0.3 is 0 Å². The molecule has 0 spiro atoms. The molecule has 1 aliphatic carbocycles. The number of rotatable bonds is 5. The Morgan fingerprint density at radius 1 is 1.38 bits per heavy atom. The molecule has 0 amide bonds. The van der Waals surface area contributed by atoms with Crippen LogP contribution in [0.4, 0.5) is 0 Å². The number of Topliss-reactive ketones (excluding diaryl/α,β-unsaturated/α-hetero) is 1. The van der Waals surface area contributed by atoms with E-state index in [1.807, 2.05) is 6.07 Å². The van der Waals surface area contributed by atoms with Gasteiger partial charge in [0.05, 0.1) is 7.11 Å². The minimum Gasteiger partial charge on any atom is -0.497 e. The van der Waals surface area contributed by atoms with Crippen LogP contribution in [0, 0.1) is 5.92 Å². The fraction of sp³-hybridized carbons (Fsp3) is 0.650. The molecule has 0 N–H and O–H groups in total. The molecule has 1 saturated carbocycles. The van der Waals surface area contributed by atoms with Crippen LogP contribution in [-0.2, 0) is 10.2 Å². The molecule has 24 heavy (non-hydrogen) atoms. The number of carbonyl (C=O) groups is 1. The molecular formula is C20H30ClNO2. The van der Waals surface area contributed by atoms with Crippen molar-refractivity contribution in [3.05, 3.63) is 29.8 Å². The monoisotopic (exact) mass is 351 g/mol. The maximum Gasteiger partial charge on any atom is 0.133 e. The Kier molecular flexibility index (Phi) is 6.70. The lowest BCUT2D eigenvalue weighted by Gasteiger charge is -2.50. The number of benzene rings is 1. The number of ketones is 1. The van der Waals surface area contributed by atoms with Crippen LogP contribution in [0.1, 0.15) is 51.0 Å². The number of hydrogen-bond acceptors (Lipinski definition) is 3. The Morgan fingerprint density at radius 2 is 2.21 bits per heavy atom. The van der Waals surface area contributed by atoms with Crippen molar-refractivity contribution in [2.75, 3.05) is 26.7 Å². The third-order valence-corrected chi connectivity index (χ3v) is 5.89. The summed E-state index contributed by atoms with van der Waals surface area (Å²) in [5, 5.41) is 0. The van der Waals surface area contributed by atoms with E-state index in [-0.39, 0.29) is 17.8 Å². The van der Waals surface area contributed by atoms with Crippen LogP contribution < -0.4 is 4.74 Å².